The highest BCUT2D eigenvalue weighted by Gasteiger charge is 2.51. The minimum Gasteiger partial charge on any atom is -0.313 e. The van der Waals surface area contributed by atoms with Gasteiger partial charge in [0.05, 0.1) is 0 Å². The van der Waals surface area contributed by atoms with E-state index in [4.69, 9.17) is 23.2 Å². The van der Waals surface area contributed by atoms with E-state index in [1.165, 1.54) is 0 Å². The highest BCUT2D eigenvalue weighted by atomic mass is 35.5. The van der Waals surface area contributed by atoms with Gasteiger partial charge >= 0.3 is 0 Å². The summed E-state index contributed by atoms with van der Waals surface area (Å²) in [5.74, 6) is 0.437. The normalized spacial score (nSPS) is 26.6. The first kappa shape index (κ1) is 12.6. The summed E-state index contributed by atoms with van der Waals surface area (Å²) in [4.78, 5) is 0. The summed E-state index contributed by atoms with van der Waals surface area (Å²) in [6, 6.07) is 1.02. The van der Waals surface area contributed by atoms with Crippen molar-refractivity contribution in [2.45, 2.75) is 43.6 Å². The van der Waals surface area contributed by atoms with Crippen molar-refractivity contribution >= 4 is 23.2 Å². The molecule has 0 aromatic heterocycles. The molecule has 0 aromatic rings. The lowest BCUT2D eigenvalue weighted by atomic mass is 10.3. The van der Waals surface area contributed by atoms with E-state index < -0.39 is 4.33 Å². The Morgan fingerprint density at radius 2 is 1.86 bits per heavy atom. The predicted molar refractivity (Wildman–Crippen MR) is 63.1 cm³/mol. The van der Waals surface area contributed by atoms with Crippen LogP contribution in [0.3, 0.4) is 0 Å². The summed E-state index contributed by atoms with van der Waals surface area (Å²) in [6.07, 6.45) is 0.924. The van der Waals surface area contributed by atoms with Crippen LogP contribution in [0.25, 0.3) is 0 Å². The summed E-state index contributed by atoms with van der Waals surface area (Å²) in [7, 11) is 0. The maximum Gasteiger partial charge on any atom is 0.122 e. The zero-order chi connectivity index (χ0) is 10.8. The molecule has 1 saturated carbocycles. The molecule has 0 amide bonds. The van der Waals surface area contributed by atoms with Crippen LogP contribution >= 0.6 is 23.2 Å². The summed E-state index contributed by atoms with van der Waals surface area (Å²) in [5, 5.41) is 6.81. The van der Waals surface area contributed by atoms with Crippen molar-refractivity contribution in [3.05, 3.63) is 0 Å². The van der Waals surface area contributed by atoms with Crippen LogP contribution in [0.5, 0.6) is 0 Å². The summed E-state index contributed by atoms with van der Waals surface area (Å²) in [6.45, 7) is 8.38. The predicted octanol–water partition coefficient (Wildman–Crippen LogP) is 2.16. The van der Waals surface area contributed by atoms with E-state index in [1.54, 1.807) is 0 Å². The van der Waals surface area contributed by atoms with Crippen molar-refractivity contribution in [1.29, 1.82) is 0 Å². The molecule has 0 bridgehead atoms. The second kappa shape index (κ2) is 5.02. The number of alkyl halides is 2. The van der Waals surface area contributed by atoms with Gasteiger partial charge in [-0.3, -0.25) is 0 Å². The van der Waals surface area contributed by atoms with Crippen LogP contribution in [0.15, 0.2) is 0 Å². The van der Waals surface area contributed by atoms with Crippen molar-refractivity contribution < 1.29 is 0 Å². The number of hydrogen-bond donors (Lipinski definition) is 2. The molecule has 1 aliphatic rings. The topological polar surface area (TPSA) is 24.1 Å². The highest BCUT2D eigenvalue weighted by molar-refractivity contribution is 6.50. The fourth-order valence-electron chi connectivity index (χ4n) is 1.32. The van der Waals surface area contributed by atoms with Crippen molar-refractivity contribution in [3.8, 4) is 0 Å². The Kier molecular flexibility index (Phi) is 4.51. The van der Waals surface area contributed by atoms with Gasteiger partial charge in [0, 0.05) is 31.1 Å². The van der Waals surface area contributed by atoms with Crippen molar-refractivity contribution in [2.24, 2.45) is 5.92 Å². The van der Waals surface area contributed by atoms with E-state index in [0.29, 0.717) is 18.0 Å². The molecule has 2 atom stereocenters. The molecule has 0 aliphatic heterocycles. The van der Waals surface area contributed by atoms with Gasteiger partial charge in [0.25, 0.3) is 0 Å². The maximum absolute atomic E-state index is 5.93. The van der Waals surface area contributed by atoms with Gasteiger partial charge in [-0.1, -0.05) is 13.8 Å². The van der Waals surface area contributed by atoms with E-state index in [2.05, 4.69) is 31.4 Å². The Bertz CT molecular complexity index is 183. The van der Waals surface area contributed by atoms with Gasteiger partial charge < -0.3 is 10.6 Å². The van der Waals surface area contributed by atoms with Crippen LogP contribution < -0.4 is 10.6 Å². The van der Waals surface area contributed by atoms with Crippen LogP contribution in [-0.2, 0) is 0 Å². The Balaban J connectivity index is 2.02. The molecule has 1 aliphatic carbocycles. The second-order valence-electron chi connectivity index (χ2n) is 4.53. The molecular weight excluding hydrogens is 219 g/mol. The van der Waals surface area contributed by atoms with Gasteiger partial charge in [-0.05, 0) is 13.3 Å². The number of nitrogens with one attached hydrogen (secondary N) is 2. The second-order valence-corrected chi connectivity index (χ2v) is 6.08. The standard InChI is InChI=1S/C10H20Cl2N2/c1-7(2)13-5-8(3)14-6-9-4-10(9,11)12/h7-9,13-14H,4-6H2,1-3H3. The molecule has 0 radical (unpaired) electrons. The Labute approximate surface area is 96.7 Å². The smallest absolute Gasteiger partial charge is 0.122 e. The molecule has 1 rings (SSSR count). The maximum atomic E-state index is 5.93. The molecule has 14 heavy (non-hydrogen) atoms. The van der Waals surface area contributed by atoms with E-state index in [0.717, 1.165) is 19.5 Å². The molecule has 0 aromatic carbocycles. The molecule has 2 unspecified atom stereocenters. The van der Waals surface area contributed by atoms with Gasteiger partial charge in [0.1, 0.15) is 4.33 Å². The van der Waals surface area contributed by atoms with Gasteiger partial charge in [-0.25, -0.2) is 0 Å². The molecule has 0 heterocycles. The van der Waals surface area contributed by atoms with Crippen LogP contribution in [-0.4, -0.2) is 29.5 Å². The first-order chi connectivity index (χ1) is 6.42. The highest BCUT2D eigenvalue weighted by Crippen LogP contribution is 2.52. The van der Waals surface area contributed by atoms with E-state index >= 15 is 0 Å². The Hall–Kier alpha value is 0.500. The molecule has 1 fully saturated rings. The van der Waals surface area contributed by atoms with Gasteiger partial charge in [0.2, 0.25) is 0 Å². The van der Waals surface area contributed by atoms with Gasteiger partial charge in [-0.2, -0.15) is 0 Å². The van der Waals surface area contributed by atoms with Crippen molar-refractivity contribution in [2.75, 3.05) is 13.1 Å². The van der Waals surface area contributed by atoms with Crippen LogP contribution in [0.4, 0.5) is 0 Å². The van der Waals surface area contributed by atoms with Crippen molar-refractivity contribution in [3.63, 3.8) is 0 Å². The molecule has 4 heteroatoms. The molecule has 84 valence electrons. The first-order valence-electron chi connectivity index (χ1n) is 5.26. The van der Waals surface area contributed by atoms with E-state index in [-0.39, 0.29) is 0 Å². The minimum atomic E-state index is -0.446. The molecule has 2 N–H and O–H groups in total. The third-order valence-corrected chi connectivity index (χ3v) is 3.43. The zero-order valence-corrected chi connectivity index (χ0v) is 10.6. The SMILES string of the molecule is CC(C)NCC(C)NCC1CC1(Cl)Cl. The third kappa shape index (κ3) is 4.35. The molecular formula is C10H20Cl2N2. The van der Waals surface area contributed by atoms with Gasteiger partial charge in [0.15, 0.2) is 0 Å². The summed E-state index contributed by atoms with van der Waals surface area (Å²) >= 11 is 11.9. The Morgan fingerprint density at radius 1 is 1.29 bits per heavy atom. The number of rotatable bonds is 6. The first-order valence-corrected chi connectivity index (χ1v) is 6.02. The van der Waals surface area contributed by atoms with E-state index in [1.807, 2.05) is 0 Å². The number of halogens is 2. The quantitative estimate of drug-likeness (QED) is 0.694. The van der Waals surface area contributed by atoms with E-state index in [9.17, 15) is 0 Å². The summed E-state index contributed by atoms with van der Waals surface area (Å²) in [5.41, 5.74) is 0. The largest absolute Gasteiger partial charge is 0.313 e. The minimum absolute atomic E-state index is 0.437. The monoisotopic (exact) mass is 238 g/mol. The number of hydrogen-bond acceptors (Lipinski definition) is 2. The summed E-state index contributed by atoms with van der Waals surface area (Å²) < 4.78 is -0.446. The third-order valence-electron chi connectivity index (χ3n) is 2.50. The van der Waals surface area contributed by atoms with Gasteiger partial charge in [-0.15, -0.1) is 23.2 Å². The van der Waals surface area contributed by atoms with Crippen LogP contribution in [0.1, 0.15) is 27.2 Å². The zero-order valence-electron chi connectivity index (χ0n) is 9.11. The lowest BCUT2D eigenvalue weighted by Gasteiger charge is -2.16. The lowest BCUT2D eigenvalue weighted by Crippen LogP contribution is -2.40. The fourth-order valence-corrected chi connectivity index (χ4v) is 1.85. The molecule has 0 spiro atoms. The molecule has 2 nitrogen and oxygen atoms in total. The van der Waals surface area contributed by atoms with Crippen molar-refractivity contribution in [1.82, 2.24) is 10.6 Å². The molecule has 0 saturated heterocycles. The van der Waals surface area contributed by atoms with Crippen LogP contribution in [0, 0.1) is 5.92 Å². The lowest BCUT2D eigenvalue weighted by molar-refractivity contribution is 0.465. The average Bonchev–Trinajstić information content (AvgIpc) is 2.67. The fraction of sp³-hybridized carbons (Fsp3) is 1.00. The average molecular weight is 239 g/mol. The Morgan fingerprint density at radius 3 is 2.29 bits per heavy atom. The van der Waals surface area contributed by atoms with Crippen LogP contribution in [0.2, 0.25) is 0 Å².